The van der Waals surface area contributed by atoms with Crippen LogP contribution in [0.25, 0.3) is 99.0 Å². The first-order valence-corrected chi connectivity index (χ1v) is 20.9. The number of aromatic nitrogens is 2. The van der Waals surface area contributed by atoms with E-state index in [0.717, 1.165) is 28.0 Å². The van der Waals surface area contributed by atoms with Crippen LogP contribution in [0.1, 0.15) is 18.1 Å². The molecule has 0 atom stereocenters. The Balaban J connectivity index is 1.12. The van der Waals surface area contributed by atoms with E-state index >= 15 is 0 Å². The van der Waals surface area contributed by atoms with Gasteiger partial charge in [0.25, 0.3) is 0 Å². The number of hydrogen-bond acceptors (Lipinski definition) is 0. The van der Waals surface area contributed by atoms with E-state index in [9.17, 15) is 0 Å². The Labute approximate surface area is 355 Å². The molecule has 0 N–H and O–H groups in total. The van der Waals surface area contributed by atoms with Crippen LogP contribution in [0.2, 0.25) is 0 Å². The summed E-state index contributed by atoms with van der Waals surface area (Å²) in [7, 11) is 0. The molecule has 0 spiro atoms. The first-order chi connectivity index (χ1) is 30.1. The maximum Gasteiger partial charge on any atom is 0.0625 e. The number of fused-ring (bicyclic) bond motifs is 9. The Kier molecular flexibility index (Phi) is 8.90. The van der Waals surface area contributed by atoms with Crippen LogP contribution in [-0.2, 0) is 0 Å². The molecular formula is C59H42N2. The van der Waals surface area contributed by atoms with Crippen molar-refractivity contribution in [3.8, 4) is 27.9 Å². The van der Waals surface area contributed by atoms with E-state index in [0.29, 0.717) is 0 Å². The lowest BCUT2D eigenvalue weighted by atomic mass is 9.95. The second-order valence-corrected chi connectivity index (χ2v) is 15.9. The van der Waals surface area contributed by atoms with Gasteiger partial charge >= 0.3 is 0 Å². The minimum Gasteiger partial charge on any atom is -0.317 e. The molecule has 0 amide bonds. The molecule has 288 valence electrons. The minimum absolute atomic E-state index is 0.955. The highest BCUT2D eigenvalue weighted by molar-refractivity contribution is 6.32. The summed E-state index contributed by atoms with van der Waals surface area (Å²) in [6.45, 7) is 6.83. The fourth-order valence-corrected chi connectivity index (χ4v) is 9.21. The third kappa shape index (κ3) is 6.37. The van der Waals surface area contributed by atoms with Gasteiger partial charge in [-0.05, 0) is 122 Å². The van der Waals surface area contributed by atoms with Crippen molar-refractivity contribution in [1.82, 2.24) is 9.13 Å². The van der Waals surface area contributed by atoms with Crippen LogP contribution in [0, 0.1) is 0 Å². The summed E-state index contributed by atoms with van der Waals surface area (Å²) in [5, 5.41) is 8.62. The van der Waals surface area contributed by atoms with Crippen molar-refractivity contribution < 1.29 is 0 Å². The van der Waals surface area contributed by atoms with Gasteiger partial charge in [-0.25, -0.2) is 0 Å². The van der Waals surface area contributed by atoms with Crippen molar-refractivity contribution in [3.05, 3.63) is 242 Å². The molecule has 11 aromatic rings. The zero-order valence-electron chi connectivity index (χ0n) is 34.0. The van der Waals surface area contributed by atoms with Gasteiger partial charge in [0, 0.05) is 39.1 Å². The van der Waals surface area contributed by atoms with Gasteiger partial charge in [-0.3, -0.25) is 0 Å². The molecule has 0 fully saturated rings. The van der Waals surface area contributed by atoms with Crippen LogP contribution in [0.3, 0.4) is 0 Å². The van der Waals surface area contributed by atoms with Gasteiger partial charge in [-0.2, -0.15) is 0 Å². The predicted octanol–water partition coefficient (Wildman–Crippen LogP) is 16.0. The Morgan fingerprint density at radius 1 is 0.443 bits per heavy atom. The number of benzene rings is 9. The maximum absolute atomic E-state index is 4.62. The van der Waals surface area contributed by atoms with Crippen molar-refractivity contribution in [2.24, 2.45) is 0 Å². The Morgan fingerprint density at radius 2 is 0.984 bits per heavy atom. The normalized spacial score (nSPS) is 12.3. The zero-order chi connectivity index (χ0) is 40.9. The van der Waals surface area contributed by atoms with E-state index in [4.69, 9.17) is 0 Å². The lowest BCUT2D eigenvalue weighted by Gasteiger charge is -2.15. The van der Waals surface area contributed by atoms with Gasteiger partial charge in [0.2, 0.25) is 0 Å². The average Bonchev–Trinajstić information content (AvgIpc) is 3.91. The molecule has 0 aliphatic carbocycles. The highest BCUT2D eigenvalue weighted by Gasteiger charge is 2.21. The molecule has 0 saturated heterocycles. The summed E-state index contributed by atoms with van der Waals surface area (Å²) < 4.78 is 4.76. The first-order valence-electron chi connectivity index (χ1n) is 20.9. The highest BCUT2D eigenvalue weighted by atomic mass is 15.0. The van der Waals surface area contributed by atoms with E-state index in [-0.39, 0.29) is 0 Å². The lowest BCUT2D eigenvalue weighted by molar-refractivity contribution is 1.13. The van der Waals surface area contributed by atoms with E-state index in [1.54, 1.807) is 0 Å². The van der Waals surface area contributed by atoms with Gasteiger partial charge in [-0.15, -0.1) is 0 Å². The van der Waals surface area contributed by atoms with Crippen LogP contribution < -0.4 is 0 Å². The molecule has 0 bridgehead atoms. The summed E-state index contributed by atoms with van der Waals surface area (Å²) in [4.78, 5) is 0. The van der Waals surface area contributed by atoms with Gasteiger partial charge in [0.05, 0.1) is 16.6 Å². The molecule has 2 heterocycles. The number of nitrogens with zero attached hydrogens (tertiary/aromatic N) is 2. The average molecular weight is 779 g/mol. The molecule has 0 unspecified atom stereocenters. The van der Waals surface area contributed by atoms with Gasteiger partial charge < -0.3 is 9.13 Å². The van der Waals surface area contributed by atoms with Crippen LogP contribution in [0.15, 0.2) is 231 Å². The number of rotatable bonds is 8. The highest BCUT2D eigenvalue weighted by Crippen LogP contribution is 2.44. The summed E-state index contributed by atoms with van der Waals surface area (Å²) in [6, 6.07) is 74.4. The van der Waals surface area contributed by atoms with Crippen molar-refractivity contribution in [1.29, 1.82) is 0 Å². The summed E-state index contributed by atoms with van der Waals surface area (Å²) >= 11 is 0. The second-order valence-electron chi connectivity index (χ2n) is 15.9. The molecular weight excluding hydrogens is 737 g/mol. The molecule has 61 heavy (non-hydrogen) atoms. The topological polar surface area (TPSA) is 9.86 Å². The Morgan fingerprint density at radius 3 is 1.69 bits per heavy atom. The maximum atomic E-state index is 4.62. The van der Waals surface area contributed by atoms with E-state index in [1.807, 2.05) is 0 Å². The second kappa shape index (κ2) is 15.0. The molecule has 0 aliphatic heterocycles. The number of hydrogen-bond donors (Lipinski definition) is 0. The summed E-state index contributed by atoms with van der Waals surface area (Å²) in [6.07, 6.45) is 6.77. The SMILES string of the molecule is C=C(/C=C(\C=C(/C)c1ccccc1)n1c2ccc(-c3ccc4c(ccn4-c4ccc(-c5ccccc5)cc4)c3)cc2c2c3ccccc3c3ccccc3c21)c1ccccc1. The fourth-order valence-electron chi connectivity index (χ4n) is 9.21. The fraction of sp³-hybridized carbons (Fsp3) is 0.0169. The van der Waals surface area contributed by atoms with Gasteiger partial charge in [0.15, 0.2) is 0 Å². The van der Waals surface area contributed by atoms with Crippen molar-refractivity contribution in [2.75, 3.05) is 0 Å². The van der Waals surface area contributed by atoms with E-state index in [2.05, 4.69) is 247 Å². The van der Waals surface area contributed by atoms with Crippen LogP contribution in [0.5, 0.6) is 0 Å². The lowest BCUT2D eigenvalue weighted by Crippen LogP contribution is -1.98. The van der Waals surface area contributed by atoms with Crippen LogP contribution >= 0.6 is 0 Å². The number of allylic oxidation sites excluding steroid dienone is 5. The molecule has 9 aromatic carbocycles. The quantitative estimate of drug-likeness (QED) is 0.107. The third-order valence-corrected chi connectivity index (χ3v) is 12.2. The van der Waals surface area contributed by atoms with Crippen LogP contribution in [-0.4, -0.2) is 9.13 Å². The monoisotopic (exact) mass is 778 g/mol. The Hall–Kier alpha value is -7.94. The van der Waals surface area contributed by atoms with Crippen molar-refractivity contribution >= 4 is 71.1 Å². The van der Waals surface area contributed by atoms with Gasteiger partial charge in [0.1, 0.15) is 0 Å². The minimum atomic E-state index is 0.955. The van der Waals surface area contributed by atoms with Crippen LogP contribution in [0.4, 0.5) is 0 Å². The summed E-state index contributed by atoms with van der Waals surface area (Å²) in [5.74, 6) is 0. The smallest absolute Gasteiger partial charge is 0.0625 e. The molecule has 2 aromatic heterocycles. The molecule has 11 rings (SSSR count). The summed E-state index contributed by atoms with van der Waals surface area (Å²) in [5.41, 5.74) is 14.9. The van der Waals surface area contributed by atoms with E-state index < -0.39 is 0 Å². The van der Waals surface area contributed by atoms with Gasteiger partial charge in [-0.1, -0.05) is 170 Å². The molecule has 0 aliphatic rings. The van der Waals surface area contributed by atoms with Crippen molar-refractivity contribution in [3.63, 3.8) is 0 Å². The Bertz CT molecular complexity index is 3510. The zero-order valence-corrected chi connectivity index (χ0v) is 34.0. The van der Waals surface area contributed by atoms with E-state index in [1.165, 1.54) is 82.1 Å². The predicted molar refractivity (Wildman–Crippen MR) is 262 cm³/mol. The standard InChI is InChI=1S/C59H42N2/c1-40(42-16-6-3-7-17-42)36-50(37-41(2)43-18-8-4-9-19-43)61-57-33-29-47(39-55(57)58-53-24-14-12-22-51(53)52-23-13-15-25-54(52)59(58)61)46-28-32-56-48(38-46)34-35-60(56)49-30-26-45(27-31-49)44-20-10-5-11-21-44/h3-39H,1H2,2H3/b41-37+,50-36+. The third-order valence-electron chi connectivity index (χ3n) is 12.2. The molecule has 0 radical (unpaired) electrons. The largest absolute Gasteiger partial charge is 0.317 e. The van der Waals surface area contributed by atoms with Crippen molar-refractivity contribution in [2.45, 2.75) is 6.92 Å². The first kappa shape index (κ1) is 36.2. The molecule has 2 heteroatoms. The molecule has 2 nitrogen and oxygen atoms in total. The molecule has 0 saturated carbocycles.